The van der Waals surface area contributed by atoms with Gasteiger partial charge >= 0.3 is 0 Å². The van der Waals surface area contributed by atoms with E-state index in [9.17, 15) is 0 Å². The van der Waals surface area contributed by atoms with Crippen LogP contribution >= 0.6 is 0 Å². The first kappa shape index (κ1) is 14.1. The Labute approximate surface area is 103 Å². The fourth-order valence-corrected chi connectivity index (χ4v) is 3.38. The van der Waals surface area contributed by atoms with Crippen LogP contribution in [0, 0.1) is 28.1 Å². The van der Waals surface area contributed by atoms with Crippen LogP contribution in [0.5, 0.6) is 0 Å². The van der Waals surface area contributed by atoms with E-state index in [1.165, 1.54) is 19.3 Å². The van der Waals surface area contributed by atoms with Gasteiger partial charge in [0, 0.05) is 0 Å². The highest BCUT2D eigenvalue weighted by molar-refractivity contribution is 5.01. The van der Waals surface area contributed by atoms with Gasteiger partial charge in [0.2, 0.25) is 0 Å². The van der Waals surface area contributed by atoms with Crippen molar-refractivity contribution >= 4 is 0 Å². The fraction of sp³-hybridized carbons (Fsp3) is 1.00. The highest BCUT2D eigenvalue weighted by Gasteiger charge is 2.52. The molecule has 1 rings (SSSR count). The molecule has 2 unspecified atom stereocenters. The largest absolute Gasteiger partial charge is 0.0649 e. The van der Waals surface area contributed by atoms with Gasteiger partial charge in [-0.1, -0.05) is 61.8 Å². The van der Waals surface area contributed by atoms with Crippen LogP contribution in [-0.4, -0.2) is 0 Å². The Kier molecular flexibility index (Phi) is 3.54. The van der Waals surface area contributed by atoms with E-state index in [2.05, 4.69) is 55.4 Å². The van der Waals surface area contributed by atoms with Crippen LogP contribution in [0.2, 0.25) is 0 Å². The summed E-state index contributed by atoms with van der Waals surface area (Å²) in [6, 6.07) is 0. The predicted molar refractivity (Wildman–Crippen MR) is 73.5 cm³/mol. The molecule has 0 aromatic heterocycles. The lowest BCUT2D eigenvalue weighted by atomic mass is 9.58. The molecule has 0 saturated heterocycles. The summed E-state index contributed by atoms with van der Waals surface area (Å²) >= 11 is 0. The molecule has 0 aromatic carbocycles. The first-order valence-corrected chi connectivity index (χ1v) is 7.03. The first-order valence-electron chi connectivity index (χ1n) is 7.03. The zero-order chi connectivity index (χ0) is 12.8. The molecule has 1 aliphatic rings. The lowest BCUT2D eigenvalue weighted by molar-refractivity contribution is 0.0285. The average Bonchev–Trinajstić information content (AvgIpc) is 2.81. The van der Waals surface area contributed by atoms with Crippen molar-refractivity contribution in [1.82, 2.24) is 0 Å². The second kappa shape index (κ2) is 4.03. The molecular weight excluding hydrogens is 192 g/mol. The maximum atomic E-state index is 2.49. The fourth-order valence-electron chi connectivity index (χ4n) is 3.38. The summed E-state index contributed by atoms with van der Waals surface area (Å²) in [4.78, 5) is 0. The normalized spacial score (nSPS) is 27.0. The van der Waals surface area contributed by atoms with Crippen molar-refractivity contribution in [1.29, 1.82) is 0 Å². The highest BCUT2D eigenvalue weighted by atomic mass is 14.6. The van der Waals surface area contributed by atoms with Crippen LogP contribution in [0.3, 0.4) is 0 Å². The van der Waals surface area contributed by atoms with Gasteiger partial charge in [0.15, 0.2) is 0 Å². The van der Waals surface area contributed by atoms with Crippen LogP contribution in [0.1, 0.15) is 74.7 Å². The number of hydrogen-bond acceptors (Lipinski definition) is 0. The topological polar surface area (TPSA) is 0 Å². The highest BCUT2D eigenvalue weighted by Crippen LogP contribution is 2.60. The van der Waals surface area contributed by atoms with Gasteiger partial charge in [0.25, 0.3) is 0 Å². The Morgan fingerprint density at radius 1 is 1.00 bits per heavy atom. The second-order valence-electron chi connectivity index (χ2n) is 8.12. The lowest BCUT2D eigenvalue weighted by Gasteiger charge is -2.47. The van der Waals surface area contributed by atoms with Crippen molar-refractivity contribution in [3.63, 3.8) is 0 Å². The van der Waals surface area contributed by atoms with Gasteiger partial charge in [-0.3, -0.25) is 0 Å². The maximum Gasteiger partial charge on any atom is -0.0272 e. The minimum Gasteiger partial charge on any atom is -0.0649 e. The monoisotopic (exact) mass is 224 g/mol. The summed E-state index contributed by atoms with van der Waals surface area (Å²) in [6.07, 6.45) is 4.07. The molecule has 96 valence electrons. The van der Waals surface area contributed by atoms with E-state index in [1.807, 2.05) is 0 Å². The van der Waals surface area contributed by atoms with Crippen molar-refractivity contribution in [3.05, 3.63) is 0 Å². The van der Waals surface area contributed by atoms with Gasteiger partial charge in [-0.05, 0) is 40.9 Å². The van der Waals surface area contributed by atoms with Crippen LogP contribution in [0.4, 0.5) is 0 Å². The van der Waals surface area contributed by atoms with Crippen LogP contribution < -0.4 is 0 Å². The molecule has 0 heteroatoms. The van der Waals surface area contributed by atoms with E-state index < -0.39 is 0 Å². The Morgan fingerprint density at radius 2 is 1.44 bits per heavy atom. The summed E-state index contributed by atoms with van der Waals surface area (Å²) < 4.78 is 0. The third kappa shape index (κ3) is 2.63. The van der Waals surface area contributed by atoms with Gasteiger partial charge in [-0.25, -0.2) is 0 Å². The molecule has 0 radical (unpaired) electrons. The molecule has 0 bridgehead atoms. The molecule has 2 atom stereocenters. The van der Waals surface area contributed by atoms with Crippen LogP contribution in [-0.2, 0) is 0 Å². The van der Waals surface area contributed by atoms with Crippen molar-refractivity contribution in [2.24, 2.45) is 28.1 Å². The molecule has 0 N–H and O–H groups in total. The molecule has 0 aromatic rings. The predicted octanol–water partition coefficient (Wildman–Crippen LogP) is 5.52. The molecule has 1 fully saturated rings. The summed E-state index contributed by atoms with van der Waals surface area (Å²) in [6.45, 7) is 19.5. The van der Waals surface area contributed by atoms with E-state index in [1.54, 1.807) is 0 Å². The Hall–Kier alpha value is 0. The SMILES string of the molecule is CCC(C)(C)CC(C)(C)C(C)(C)C1CC1C. The molecular formula is C16H32. The molecule has 0 heterocycles. The Balaban J connectivity index is 2.76. The van der Waals surface area contributed by atoms with Crippen molar-refractivity contribution in [2.75, 3.05) is 0 Å². The van der Waals surface area contributed by atoms with E-state index in [0.29, 0.717) is 16.2 Å². The van der Waals surface area contributed by atoms with E-state index in [4.69, 9.17) is 0 Å². The molecule has 0 spiro atoms. The molecule has 1 saturated carbocycles. The summed E-state index contributed by atoms with van der Waals surface area (Å²) in [5.74, 6) is 1.91. The second-order valence-corrected chi connectivity index (χ2v) is 8.12. The van der Waals surface area contributed by atoms with Gasteiger partial charge in [0.1, 0.15) is 0 Å². The molecule has 0 nitrogen and oxygen atoms in total. The molecule has 0 amide bonds. The van der Waals surface area contributed by atoms with Crippen molar-refractivity contribution in [3.8, 4) is 0 Å². The van der Waals surface area contributed by atoms with E-state index in [-0.39, 0.29) is 0 Å². The third-order valence-electron chi connectivity index (χ3n) is 5.66. The maximum absolute atomic E-state index is 2.49. The zero-order valence-corrected chi connectivity index (χ0v) is 12.8. The summed E-state index contributed by atoms with van der Waals surface area (Å²) in [5, 5.41) is 0. The first-order chi connectivity index (χ1) is 7.03. The standard InChI is InChI=1S/C16H32/c1-9-14(3,4)11-15(5,6)16(7,8)13-10-12(13)2/h12-13H,9-11H2,1-8H3. The third-order valence-corrected chi connectivity index (χ3v) is 5.66. The van der Waals surface area contributed by atoms with Crippen LogP contribution in [0.15, 0.2) is 0 Å². The summed E-state index contributed by atoms with van der Waals surface area (Å²) in [7, 11) is 0. The quantitative estimate of drug-likeness (QED) is 0.576. The molecule has 0 aliphatic heterocycles. The van der Waals surface area contributed by atoms with Gasteiger partial charge in [-0.15, -0.1) is 0 Å². The van der Waals surface area contributed by atoms with Gasteiger partial charge < -0.3 is 0 Å². The smallest absolute Gasteiger partial charge is 0.0272 e. The number of hydrogen-bond donors (Lipinski definition) is 0. The van der Waals surface area contributed by atoms with Crippen LogP contribution in [0.25, 0.3) is 0 Å². The minimum atomic E-state index is 0.446. The Bertz CT molecular complexity index is 245. The lowest BCUT2D eigenvalue weighted by Crippen LogP contribution is -2.38. The van der Waals surface area contributed by atoms with E-state index >= 15 is 0 Å². The minimum absolute atomic E-state index is 0.446. The summed E-state index contributed by atoms with van der Waals surface area (Å²) in [5.41, 5.74) is 1.42. The van der Waals surface area contributed by atoms with Crippen molar-refractivity contribution in [2.45, 2.75) is 74.7 Å². The molecule has 1 aliphatic carbocycles. The Morgan fingerprint density at radius 3 is 1.75 bits per heavy atom. The van der Waals surface area contributed by atoms with Gasteiger partial charge in [-0.2, -0.15) is 0 Å². The van der Waals surface area contributed by atoms with E-state index in [0.717, 1.165) is 11.8 Å². The average molecular weight is 224 g/mol. The molecule has 16 heavy (non-hydrogen) atoms. The zero-order valence-electron chi connectivity index (χ0n) is 12.8. The number of rotatable bonds is 5. The van der Waals surface area contributed by atoms with Gasteiger partial charge in [0.05, 0.1) is 0 Å². The van der Waals surface area contributed by atoms with Crippen molar-refractivity contribution < 1.29 is 0 Å².